The van der Waals surface area contributed by atoms with E-state index in [4.69, 9.17) is 0 Å². The molecule has 2 aliphatic rings. The van der Waals surface area contributed by atoms with Gasteiger partial charge >= 0.3 is 0 Å². The maximum Gasteiger partial charge on any atom is 0.262 e. The Balaban J connectivity index is 1.83. The number of benzene rings is 1. The van der Waals surface area contributed by atoms with Gasteiger partial charge in [-0.1, -0.05) is 26.0 Å². The SMILES string of the molecule is CC(C)CC(=O)CCc1cccc2c1C(=O)N(C1CCC(=O)NC1=O)C2=O. The lowest BCUT2D eigenvalue weighted by molar-refractivity contribution is -0.136. The molecule has 7 nitrogen and oxygen atoms in total. The Morgan fingerprint density at radius 1 is 1.19 bits per heavy atom. The van der Waals surface area contributed by atoms with E-state index in [0.717, 1.165) is 4.90 Å². The van der Waals surface area contributed by atoms with Gasteiger partial charge < -0.3 is 0 Å². The number of carbonyl (C=O) groups is 5. The zero-order valence-corrected chi connectivity index (χ0v) is 15.4. The minimum absolute atomic E-state index is 0.0837. The summed E-state index contributed by atoms with van der Waals surface area (Å²) in [6, 6.07) is 3.99. The zero-order valence-electron chi connectivity index (χ0n) is 15.4. The second-order valence-corrected chi connectivity index (χ2v) is 7.42. The van der Waals surface area contributed by atoms with Crippen molar-refractivity contribution < 1.29 is 24.0 Å². The molecule has 2 aliphatic heterocycles. The largest absolute Gasteiger partial charge is 0.300 e. The molecule has 142 valence electrons. The maximum atomic E-state index is 12.9. The van der Waals surface area contributed by atoms with Gasteiger partial charge in [-0.15, -0.1) is 0 Å². The summed E-state index contributed by atoms with van der Waals surface area (Å²) in [5, 5.41) is 2.18. The van der Waals surface area contributed by atoms with Crippen molar-refractivity contribution in [2.45, 2.75) is 52.0 Å². The van der Waals surface area contributed by atoms with E-state index in [9.17, 15) is 24.0 Å². The van der Waals surface area contributed by atoms with Crippen molar-refractivity contribution in [3.05, 3.63) is 34.9 Å². The van der Waals surface area contributed by atoms with Gasteiger partial charge in [0.05, 0.1) is 11.1 Å². The number of piperidine rings is 1. The van der Waals surface area contributed by atoms with Gasteiger partial charge in [-0.3, -0.25) is 34.2 Å². The van der Waals surface area contributed by atoms with Crippen LogP contribution < -0.4 is 5.32 Å². The Bertz CT molecular complexity index is 843. The second kappa shape index (κ2) is 7.42. The van der Waals surface area contributed by atoms with Crippen LogP contribution in [0.15, 0.2) is 18.2 Å². The first-order chi connectivity index (χ1) is 12.8. The van der Waals surface area contributed by atoms with Crippen LogP contribution in [-0.4, -0.2) is 40.4 Å². The standard InChI is InChI=1S/C20H22N2O5/c1-11(2)10-13(23)7-6-12-4-3-5-14-17(12)20(27)22(19(14)26)15-8-9-16(24)21-18(15)25/h3-5,11,15H,6-10H2,1-2H3,(H,21,24,25). The van der Waals surface area contributed by atoms with Gasteiger partial charge in [-0.2, -0.15) is 0 Å². The van der Waals surface area contributed by atoms with Crippen LogP contribution in [0.4, 0.5) is 0 Å². The van der Waals surface area contributed by atoms with Crippen LogP contribution in [-0.2, 0) is 20.8 Å². The van der Waals surface area contributed by atoms with Crippen molar-refractivity contribution in [2.24, 2.45) is 5.92 Å². The Morgan fingerprint density at radius 3 is 2.59 bits per heavy atom. The topological polar surface area (TPSA) is 101 Å². The molecule has 2 heterocycles. The van der Waals surface area contributed by atoms with E-state index < -0.39 is 29.7 Å². The summed E-state index contributed by atoms with van der Waals surface area (Å²) in [4.78, 5) is 62.1. The van der Waals surface area contributed by atoms with Crippen LogP contribution in [0.2, 0.25) is 0 Å². The van der Waals surface area contributed by atoms with Crippen molar-refractivity contribution in [3.63, 3.8) is 0 Å². The summed E-state index contributed by atoms with van der Waals surface area (Å²) in [6.07, 6.45) is 1.36. The summed E-state index contributed by atoms with van der Waals surface area (Å²) in [6.45, 7) is 3.94. The number of ketones is 1. The second-order valence-electron chi connectivity index (χ2n) is 7.42. The molecule has 7 heteroatoms. The molecule has 1 fully saturated rings. The van der Waals surface area contributed by atoms with Crippen LogP contribution in [0.3, 0.4) is 0 Å². The molecule has 1 unspecified atom stereocenters. The molecule has 0 aliphatic carbocycles. The van der Waals surface area contributed by atoms with E-state index >= 15 is 0 Å². The average molecular weight is 370 g/mol. The summed E-state index contributed by atoms with van der Waals surface area (Å²) < 4.78 is 0. The average Bonchev–Trinajstić information content (AvgIpc) is 2.85. The molecule has 0 spiro atoms. The number of rotatable bonds is 6. The van der Waals surface area contributed by atoms with Gasteiger partial charge in [0.1, 0.15) is 11.8 Å². The molecule has 3 rings (SSSR count). The molecule has 0 saturated carbocycles. The van der Waals surface area contributed by atoms with Gasteiger partial charge in [0.15, 0.2) is 0 Å². The number of Topliss-reactive ketones (excluding diaryl/α,β-unsaturated/α-hetero) is 1. The van der Waals surface area contributed by atoms with E-state index in [2.05, 4.69) is 5.32 Å². The summed E-state index contributed by atoms with van der Waals surface area (Å²) in [5.74, 6) is -1.71. The van der Waals surface area contributed by atoms with E-state index in [0.29, 0.717) is 24.8 Å². The van der Waals surface area contributed by atoms with Gasteiger partial charge in [-0.05, 0) is 30.4 Å². The van der Waals surface area contributed by atoms with Crippen LogP contribution >= 0.6 is 0 Å². The molecule has 4 amide bonds. The van der Waals surface area contributed by atoms with Crippen molar-refractivity contribution >= 4 is 29.4 Å². The molecule has 1 saturated heterocycles. The van der Waals surface area contributed by atoms with Crippen molar-refractivity contribution in [1.29, 1.82) is 0 Å². The number of nitrogens with one attached hydrogen (secondary N) is 1. The summed E-state index contributed by atoms with van der Waals surface area (Å²) in [7, 11) is 0. The lowest BCUT2D eigenvalue weighted by Gasteiger charge is -2.27. The van der Waals surface area contributed by atoms with E-state index in [-0.39, 0.29) is 35.7 Å². The van der Waals surface area contributed by atoms with Gasteiger partial charge in [0, 0.05) is 19.3 Å². The Morgan fingerprint density at radius 2 is 1.93 bits per heavy atom. The highest BCUT2D eigenvalue weighted by Gasteiger charge is 2.45. The Hall–Kier alpha value is -2.83. The molecular formula is C20H22N2O5. The number of carbonyl (C=O) groups excluding carboxylic acids is 5. The summed E-state index contributed by atoms with van der Waals surface area (Å²) in [5.41, 5.74) is 1.15. The van der Waals surface area contributed by atoms with Gasteiger partial charge in [0.25, 0.3) is 11.8 Å². The molecule has 1 aromatic carbocycles. The molecule has 0 radical (unpaired) electrons. The predicted molar refractivity (Wildman–Crippen MR) is 95.9 cm³/mol. The fourth-order valence-corrected chi connectivity index (χ4v) is 3.62. The summed E-state index contributed by atoms with van der Waals surface area (Å²) >= 11 is 0. The number of hydrogen-bond acceptors (Lipinski definition) is 5. The quantitative estimate of drug-likeness (QED) is 0.767. The molecule has 27 heavy (non-hydrogen) atoms. The molecule has 1 N–H and O–H groups in total. The number of fused-ring (bicyclic) bond motifs is 1. The monoisotopic (exact) mass is 370 g/mol. The number of hydrogen-bond donors (Lipinski definition) is 1. The highest BCUT2D eigenvalue weighted by molar-refractivity contribution is 6.24. The van der Waals surface area contributed by atoms with E-state index in [1.165, 1.54) is 0 Å². The highest BCUT2D eigenvalue weighted by atomic mass is 16.2. The third-order valence-corrected chi connectivity index (χ3v) is 4.86. The number of nitrogens with zero attached hydrogens (tertiary/aromatic N) is 1. The Labute approximate surface area is 157 Å². The molecule has 0 bridgehead atoms. The molecule has 1 aromatic rings. The number of aryl methyl sites for hydroxylation is 1. The van der Waals surface area contributed by atoms with Gasteiger partial charge in [-0.25, -0.2) is 0 Å². The first-order valence-electron chi connectivity index (χ1n) is 9.14. The van der Waals surface area contributed by atoms with E-state index in [1.807, 2.05) is 13.8 Å². The zero-order chi connectivity index (χ0) is 19.7. The lowest BCUT2D eigenvalue weighted by atomic mass is 9.96. The van der Waals surface area contributed by atoms with Crippen molar-refractivity contribution in [1.82, 2.24) is 10.2 Å². The van der Waals surface area contributed by atoms with Crippen LogP contribution in [0.25, 0.3) is 0 Å². The normalized spacial score (nSPS) is 19.5. The first kappa shape index (κ1) is 18.9. The van der Waals surface area contributed by atoms with Crippen molar-refractivity contribution in [3.8, 4) is 0 Å². The molecule has 0 aromatic heterocycles. The number of imide groups is 2. The van der Waals surface area contributed by atoms with Crippen LogP contribution in [0.5, 0.6) is 0 Å². The first-order valence-corrected chi connectivity index (χ1v) is 9.14. The predicted octanol–water partition coefficient (Wildman–Crippen LogP) is 1.64. The minimum Gasteiger partial charge on any atom is -0.300 e. The fourth-order valence-electron chi connectivity index (χ4n) is 3.62. The molecular weight excluding hydrogens is 348 g/mol. The number of amides is 4. The third kappa shape index (κ3) is 3.67. The highest BCUT2D eigenvalue weighted by Crippen LogP contribution is 2.30. The smallest absolute Gasteiger partial charge is 0.262 e. The van der Waals surface area contributed by atoms with Crippen LogP contribution in [0, 0.1) is 5.92 Å². The Kier molecular flexibility index (Phi) is 5.21. The van der Waals surface area contributed by atoms with Crippen LogP contribution in [0.1, 0.15) is 65.8 Å². The fraction of sp³-hybridized carbons (Fsp3) is 0.450. The minimum atomic E-state index is -0.981. The van der Waals surface area contributed by atoms with Gasteiger partial charge in [0.2, 0.25) is 11.8 Å². The third-order valence-electron chi connectivity index (χ3n) is 4.86. The van der Waals surface area contributed by atoms with E-state index in [1.54, 1.807) is 18.2 Å². The maximum absolute atomic E-state index is 12.9. The lowest BCUT2D eigenvalue weighted by Crippen LogP contribution is -2.54. The van der Waals surface area contributed by atoms with Crippen molar-refractivity contribution in [2.75, 3.05) is 0 Å². The molecule has 1 atom stereocenters.